The number of hydrazine groups is 1. The van der Waals surface area contributed by atoms with Crippen LogP contribution in [0.2, 0.25) is 0 Å². The first kappa shape index (κ1) is 24.0. The summed E-state index contributed by atoms with van der Waals surface area (Å²) in [6.07, 6.45) is 1.69. The molecule has 2 heterocycles. The number of ether oxygens (including phenoxy) is 2. The molecule has 0 saturated carbocycles. The van der Waals surface area contributed by atoms with Gasteiger partial charge in [0, 0.05) is 11.1 Å². The number of thiocarbonyl (C=S) groups is 1. The van der Waals surface area contributed by atoms with Crippen LogP contribution in [0.25, 0.3) is 6.08 Å². The van der Waals surface area contributed by atoms with Crippen molar-refractivity contribution in [1.82, 2.24) is 10.4 Å². The van der Waals surface area contributed by atoms with Crippen LogP contribution in [-0.2, 0) is 14.8 Å². The predicted molar refractivity (Wildman–Crippen MR) is 142 cm³/mol. The standard InChI is InChI=1S/C25H19N3O5S3/c29-24-21(16-17-8-4-6-12-20(17)33-15-14-32-18-9-2-1-3-10-18)35-25(34)28(24)26-23-19-11-5-7-13-22(19)36(30,31)27-23/h1-13,16H,14-15H2,(H,26,27). The highest BCUT2D eigenvalue weighted by molar-refractivity contribution is 8.26. The Morgan fingerprint density at radius 3 is 2.47 bits per heavy atom. The smallest absolute Gasteiger partial charge is 0.285 e. The van der Waals surface area contributed by atoms with Crippen molar-refractivity contribution in [1.29, 1.82) is 0 Å². The highest BCUT2D eigenvalue weighted by Crippen LogP contribution is 2.34. The minimum absolute atomic E-state index is 0.0466. The maximum absolute atomic E-state index is 13.1. The predicted octanol–water partition coefficient (Wildman–Crippen LogP) is 4.00. The van der Waals surface area contributed by atoms with E-state index in [4.69, 9.17) is 21.7 Å². The van der Waals surface area contributed by atoms with Crippen molar-refractivity contribution in [3.05, 3.63) is 94.9 Å². The van der Waals surface area contributed by atoms with E-state index in [1.807, 2.05) is 54.6 Å². The molecule has 3 aromatic carbocycles. The van der Waals surface area contributed by atoms with Crippen LogP contribution in [0.5, 0.6) is 11.5 Å². The molecule has 1 N–H and O–H groups in total. The molecule has 0 aliphatic carbocycles. The number of hydrogen-bond acceptors (Lipinski definition) is 8. The second-order valence-corrected chi connectivity index (χ2v) is 10.8. The summed E-state index contributed by atoms with van der Waals surface area (Å²) < 4.78 is 40.2. The van der Waals surface area contributed by atoms with Gasteiger partial charge in [0.25, 0.3) is 15.9 Å². The van der Waals surface area contributed by atoms with Gasteiger partial charge in [-0.15, -0.1) is 4.40 Å². The fourth-order valence-corrected chi connectivity index (χ4v) is 5.90. The molecule has 1 fully saturated rings. The van der Waals surface area contributed by atoms with Crippen LogP contribution in [0.15, 0.2) is 93.1 Å². The Morgan fingerprint density at radius 2 is 1.64 bits per heavy atom. The third-order valence-corrected chi connectivity index (χ3v) is 7.84. The SMILES string of the molecule is O=C1C(=Cc2ccccc2OCCOc2ccccc2)SC(=S)N1NC1=NS(=O)(=O)c2ccccc21. The van der Waals surface area contributed by atoms with Gasteiger partial charge in [0.05, 0.1) is 4.91 Å². The summed E-state index contributed by atoms with van der Waals surface area (Å²) in [4.78, 5) is 13.6. The number of amides is 1. The minimum Gasteiger partial charge on any atom is -0.490 e. The molecular weight excluding hydrogens is 518 g/mol. The van der Waals surface area contributed by atoms with Crippen LogP contribution < -0.4 is 14.9 Å². The zero-order chi connectivity index (χ0) is 25.1. The van der Waals surface area contributed by atoms with Gasteiger partial charge in [0.15, 0.2) is 10.2 Å². The van der Waals surface area contributed by atoms with Crippen LogP contribution in [0.3, 0.4) is 0 Å². The minimum atomic E-state index is -3.83. The maximum atomic E-state index is 13.1. The van der Waals surface area contributed by atoms with E-state index in [1.54, 1.807) is 24.3 Å². The number of amidine groups is 1. The monoisotopic (exact) mass is 537 g/mol. The molecule has 0 spiro atoms. The first-order valence-corrected chi connectivity index (χ1v) is 13.5. The summed E-state index contributed by atoms with van der Waals surface area (Å²) in [5.74, 6) is 0.974. The van der Waals surface area contributed by atoms with E-state index in [9.17, 15) is 13.2 Å². The molecule has 36 heavy (non-hydrogen) atoms. The molecule has 2 aliphatic rings. The fraction of sp³-hybridized carbons (Fsp3) is 0.0800. The van der Waals surface area contributed by atoms with Crippen LogP contribution in [0.1, 0.15) is 11.1 Å². The van der Waals surface area contributed by atoms with Gasteiger partial charge in [0.2, 0.25) is 0 Å². The van der Waals surface area contributed by atoms with Crippen molar-refractivity contribution in [2.75, 3.05) is 13.2 Å². The molecule has 5 rings (SSSR count). The molecule has 0 unspecified atom stereocenters. The van der Waals surface area contributed by atoms with Crippen LogP contribution >= 0.6 is 24.0 Å². The number of para-hydroxylation sites is 2. The van der Waals surface area contributed by atoms with E-state index in [-0.39, 0.29) is 15.1 Å². The highest BCUT2D eigenvalue weighted by atomic mass is 32.2. The van der Waals surface area contributed by atoms with Gasteiger partial charge in [-0.05, 0) is 48.6 Å². The van der Waals surface area contributed by atoms with Crippen molar-refractivity contribution in [3.63, 3.8) is 0 Å². The van der Waals surface area contributed by atoms with Gasteiger partial charge in [-0.25, -0.2) is 0 Å². The number of carbonyl (C=O) groups is 1. The average Bonchev–Trinajstić information content (AvgIpc) is 3.30. The number of sulfonamides is 1. The first-order valence-electron chi connectivity index (χ1n) is 10.8. The number of fused-ring (bicyclic) bond motifs is 1. The van der Waals surface area contributed by atoms with Crippen LogP contribution in [0.4, 0.5) is 0 Å². The van der Waals surface area contributed by atoms with Gasteiger partial charge < -0.3 is 9.47 Å². The Hall–Kier alpha value is -3.67. The summed E-state index contributed by atoms with van der Waals surface area (Å²) in [6.45, 7) is 0.673. The maximum Gasteiger partial charge on any atom is 0.285 e. The highest BCUT2D eigenvalue weighted by Gasteiger charge is 2.36. The summed E-state index contributed by atoms with van der Waals surface area (Å²) in [7, 11) is -3.83. The second kappa shape index (κ2) is 10.1. The van der Waals surface area contributed by atoms with Gasteiger partial charge in [-0.2, -0.15) is 13.4 Å². The number of nitrogens with zero attached hydrogens (tertiary/aromatic N) is 2. The number of benzene rings is 3. The lowest BCUT2D eigenvalue weighted by Gasteiger charge is -2.16. The Bertz CT molecular complexity index is 1500. The Balaban J connectivity index is 1.29. The van der Waals surface area contributed by atoms with Gasteiger partial charge in [0.1, 0.15) is 29.6 Å². The van der Waals surface area contributed by atoms with Crippen molar-refractivity contribution in [3.8, 4) is 11.5 Å². The van der Waals surface area contributed by atoms with E-state index in [0.717, 1.165) is 22.5 Å². The number of carbonyl (C=O) groups excluding carboxylic acids is 1. The Kier molecular flexibility index (Phi) is 6.77. The molecule has 2 aliphatic heterocycles. The number of hydrogen-bond donors (Lipinski definition) is 1. The van der Waals surface area contributed by atoms with Crippen molar-refractivity contribution < 1.29 is 22.7 Å². The molecule has 0 atom stereocenters. The molecule has 1 saturated heterocycles. The lowest BCUT2D eigenvalue weighted by Crippen LogP contribution is -2.44. The molecular formula is C25H19N3O5S3. The van der Waals surface area contributed by atoms with E-state index in [2.05, 4.69) is 9.82 Å². The largest absolute Gasteiger partial charge is 0.490 e. The van der Waals surface area contributed by atoms with E-state index in [1.165, 1.54) is 6.07 Å². The molecule has 11 heteroatoms. The van der Waals surface area contributed by atoms with Crippen LogP contribution in [0, 0.1) is 0 Å². The van der Waals surface area contributed by atoms with E-state index in [0.29, 0.717) is 35.0 Å². The first-order chi connectivity index (χ1) is 17.4. The zero-order valence-electron chi connectivity index (χ0n) is 18.7. The molecule has 0 aromatic heterocycles. The van der Waals surface area contributed by atoms with E-state index < -0.39 is 15.9 Å². The molecule has 3 aromatic rings. The topological polar surface area (TPSA) is 97.3 Å². The number of thioether (sulfide) groups is 1. The third kappa shape index (κ3) is 4.99. The number of rotatable bonds is 7. The molecule has 0 radical (unpaired) electrons. The summed E-state index contributed by atoms with van der Waals surface area (Å²) in [5.41, 5.74) is 3.86. The lowest BCUT2D eigenvalue weighted by molar-refractivity contribution is -0.123. The second-order valence-electron chi connectivity index (χ2n) is 7.59. The quantitative estimate of drug-likeness (QED) is 0.275. The summed E-state index contributed by atoms with van der Waals surface area (Å²) in [5, 5.41) is 1.12. The van der Waals surface area contributed by atoms with Crippen molar-refractivity contribution in [2.45, 2.75) is 4.90 Å². The Labute approximate surface area is 217 Å². The van der Waals surface area contributed by atoms with Gasteiger partial charge >= 0.3 is 0 Å². The molecule has 8 nitrogen and oxygen atoms in total. The Morgan fingerprint density at radius 1 is 0.944 bits per heavy atom. The van der Waals surface area contributed by atoms with Gasteiger partial charge in [-0.1, -0.05) is 60.3 Å². The van der Waals surface area contributed by atoms with E-state index >= 15 is 0 Å². The normalized spacial score (nSPS) is 17.2. The van der Waals surface area contributed by atoms with Crippen molar-refractivity contribution >= 4 is 56.1 Å². The van der Waals surface area contributed by atoms with Crippen molar-refractivity contribution in [2.24, 2.45) is 4.40 Å². The number of nitrogens with one attached hydrogen (secondary N) is 1. The third-order valence-electron chi connectivity index (χ3n) is 5.20. The fourth-order valence-electron chi connectivity index (χ4n) is 3.56. The molecule has 1 amide bonds. The molecule has 0 bridgehead atoms. The zero-order valence-corrected chi connectivity index (χ0v) is 21.1. The lowest BCUT2D eigenvalue weighted by atomic mass is 10.2. The average molecular weight is 538 g/mol. The summed E-state index contributed by atoms with van der Waals surface area (Å²) in [6, 6.07) is 23.2. The molecule has 182 valence electrons. The van der Waals surface area contributed by atoms with Crippen LogP contribution in [-0.4, -0.2) is 42.7 Å². The van der Waals surface area contributed by atoms with Gasteiger partial charge in [-0.3, -0.25) is 10.2 Å². The summed E-state index contributed by atoms with van der Waals surface area (Å²) >= 11 is 6.48.